The predicted molar refractivity (Wildman–Crippen MR) is 125 cm³/mol. The topological polar surface area (TPSA) is 114 Å². The second-order valence-corrected chi connectivity index (χ2v) is 10.1. The van der Waals surface area contributed by atoms with Gasteiger partial charge in [-0.05, 0) is 54.4 Å². The van der Waals surface area contributed by atoms with Gasteiger partial charge in [-0.1, -0.05) is 18.2 Å². The Hall–Kier alpha value is -3.92. The van der Waals surface area contributed by atoms with E-state index in [9.17, 15) is 27.2 Å². The van der Waals surface area contributed by atoms with Crippen LogP contribution in [0.2, 0.25) is 0 Å². The first-order valence-corrected chi connectivity index (χ1v) is 12.4. The van der Waals surface area contributed by atoms with Crippen molar-refractivity contribution in [1.29, 1.82) is 0 Å². The fourth-order valence-corrected chi connectivity index (χ4v) is 5.54. The molecule has 1 unspecified atom stereocenters. The Labute approximate surface area is 201 Å². The number of benzene rings is 2. The highest BCUT2D eigenvalue weighted by molar-refractivity contribution is 7.91. The van der Waals surface area contributed by atoms with E-state index >= 15 is 0 Å². The number of nitrogens with one attached hydrogen (secondary N) is 1. The quantitative estimate of drug-likeness (QED) is 0.361. The number of aromatic nitrogens is 1. The molecule has 0 aliphatic carbocycles. The van der Waals surface area contributed by atoms with Gasteiger partial charge in [0.15, 0.2) is 9.84 Å². The molecule has 3 aromatic rings. The van der Waals surface area contributed by atoms with Crippen molar-refractivity contribution < 1.29 is 27.2 Å². The molecule has 0 spiro atoms. The number of halogens is 1. The normalized spacial score (nSPS) is 14.0. The maximum Gasteiger partial charge on any atom is 0.261 e. The Morgan fingerprint density at radius 2 is 1.63 bits per heavy atom. The van der Waals surface area contributed by atoms with Crippen molar-refractivity contribution in [3.8, 4) is 0 Å². The molecule has 1 aliphatic heterocycles. The number of hydrogen-bond acceptors (Lipinski definition) is 6. The molecule has 0 fully saturated rings. The standard InChI is InChI=1S/C25H22FN3O5S/c26-18-9-11-19(12-10-18)35(33,34)22(17-5-3-13-27-15-17)16-28-23(30)8-4-14-29-24(31)20-6-1-2-7-21(20)25(29)32/h1-3,5-7,9-13,15,22H,4,8,14,16H2,(H,28,30). The van der Waals surface area contributed by atoms with Crippen LogP contribution in [0.3, 0.4) is 0 Å². The van der Waals surface area contributed by atoms with Crippen molar-refractivity contribution in [2.75, 3.05) is 13.1 Å². The summed E-state index contributed by atoms with van der Waals surface area (Å²) in [6.45, 7) is -0.156. The van der Waals surface area contributed by atoms with Crippen LogP contribution in [-0.4, -0.2) is 49.1 Å². The number of fused-ring (bicyclic) bond motifs is 1. The van der Waals surface area contributed by atoms with Gasteiger partial charge in [-0.25, -0.2) is 12.8 Å². The number of pyridine rings is 1. The number of nitrogens with zero attached hydrogens (tertiary/aromatic N) is 2. The summed E-state index contributed by atoms with van der Waals surface area (Å²) in [6, 6.07) is 14.2. The summed E-state index contributed by atoms with van der Waals surface area (Å²) in [4.78, 5) is 42.3. The molecule has 1 N–H and O–H groups in total. The first kappa shape index (κ1) is 24.2. The third-order valence-corrected chi connectivity index (χ3v) is 7.84. The average molecular weight is 496 g/mol. The third kappa shape index (κ3) is 5.12. The van der Waals surface area contributed by atoms with Crippen LogP contribution in [0, 0.1) is 5.82 Å². The van der Waals surface area contributed by atoms with E-state index < -0.39 is 38.6 Å². The molecule has 2 heterocycles. The van der Waals surface area contributed by atoms with Crippen LogP contribution in [0.25, 0.3) is 0 Å². The summed E-state index contributed by atoms with van der Waals surface area (Å²) < 4.78 is 39.8. The highest BCUT2D eigenvalue weighted by Crippen LogP contribution is 2.28. The van der Waals surface area contributed by atoms with Gasteiger partial charge in [0.05, 0.1) is 16.0 Å². The number of imide groups is 1. The molecule has 0 saturated heterocycles. The molecule has 4 rings (SSSR count). The van der Waals surface area contributed by atoms with Gasteiger partial charge in [-0.3, -0.25) is 24.3 Å². The van der Waals surface area contributed by atoms with Crippen LogP contribution in [-0.2, 0) is 14.6 Å². The molecule has 0 bridgehead atoms. The van der Waals surface area contributed by atoms with E-state index in [0.717, 1.165) is 17.0 Å². The second-order valence-electron chi connectivity index (χ2n) is 7.99. The lowest BCUT2D eigenvalue weighted by Gasteiger charge is -2.19. The third-order valence-electron chi connectivity index (χ3n) is 5.72. The number of sulfone groups is 1. The minimum absolute atomic E-state index is 0.0102. The molecule has 2 aromatic carbocycles. The van der Waals surface area contributed by atoms with Gasteiger partial charge in [0, 0.05) is 31.9 Å². The van der Waals surface area contributed by atoms with Gasteiger partial charge < -0.3 is 5.32 Å². The lowest BCUT2D eigenvalue weighted by Crippen LogP contribution is -2.34. The SMILES string of the molecule is O=C(CCCN1C(=O)c2ccccc2C1=O)NCC(c1cccnc1)S(=O)(=O)c1ccc(F)cc1. The van der Waals surface area contributed by atoms with Crippen molar-refractivity contribution >= 4 is 27.6 Å². The molecule has 8 nitrogen and oxygen atoms in total. The molecule has 1 aromatic heterocycles. The van der Waals surface area contributed by atoms with Crippen molar-refractivity contribution in [2.45, 2.75) is 23.0 Å². The van der Waals surface area contributed by atoms with Crippen molar-refractivity contribution in [2.24, 2.45) is 0 Å². The first-order valence-electron chi connectivity index (χ1n) is 10.9. The second kappa shape index (κ2) is 10.1. The number of hydrogen-bond donors (Lipinski definition) is 1. The Morgan fingerprint density at radius 3 is 2.23 bits per heavy atom. The van der Waals surface area contributed by atoms with E-state index in [1.807, 2.05) is 0 Å². The van der Waals surface area contributed by atoms with E-state index in [0.29, 0.717) is 16.7 Å². The molecule has 1 aliphatic rings. The van der Waals surface area contributed by atoms with Crippen LogP contribution in [0.5, 0.6) is 0 Å². The molecule has 180 valence electrons. The van der Waals surface area contributed by atoms with Gasteiger partial charge in [-0.2, -0.15) is 0 Å². The van der Waals surface area contributed by atoms with Crippen LogP contribution in [0.1, 0.15) is 44.4 Å². The summed E-state index contributed by atoms with van der Waals surface area (Å²) >= 11 is 0. The zero-order chi connectivity index (χ0) is 25.0. The Morgan fingerprint density at radius 1 is 0.971 bits per heavy atom. The maximum atomic E-state index is 13.3. The van der Waals surface area contributed by atoms with E-state index in [1.54, 1.807) is 36.4 Å². The molecular formula is C25H22FN3O5S. The van der Waals surface area contributed by atoms with Crippen LogP contribution >= 0.6 is 0 Å². The predicted octanol–water partition coefficient (Wildman–Crippen LogP) is 2.93. The molecule has 10 heteroatoms. The summed E-state index contributed by atoms with van der Waals surface area (Å²) in [7, 11) is -3.96. The van der Waals surface area contributed by atoms with Crippen molar-refractivity contribution in [3.05, 3.63) is 95.6 Å². The smallest absolute Gasteiger partial charge is 0.261 e. The molecular weight excluding hydrogens is 473 g/mol. The number of rotatable bonds is 9. The highest BCUT2D eigenvalue weighted by Gasteiger charge is 2.35. The number of carbonyl (C=O) groups excluding carboxylic acids is 3. The van der Waals surface area contributed by atoms with Crippen LogP contribution < -0.4 is 5.32 Å². The maximum absolute atomic E-state index is 13.3. The van der Waals surface area contributed by atoms with Crippen LogP contribution in [0.4, 0.5) is 4.39 Å². The molecule has 0 saturated carbocycles. The fraction of sp³-hybridized carbons (Fsp3) is 0.200. The molecule has 35 heavy (non-hydrogen) atoms. The van der Waals surface area contributed by atoms with Crippen molar-refractivity contribution in [3.63, 3.8) is 0 Å². The lowest BCUT2D eigenvalue weighted by molar-refractivity contribution is -0.121. The number of amides is 3. The van der Waals surface area contributed by atoms with Gasteiger partial charge in [-0.15, -0.1) is 0 Å². The fourth-order valence-electron chi connectivity index (χ4n) is 3.90. The van der Waals surface area contributed by atoms with E-state index in [1.165, 1.54) is 24.5 Å². The van der Waals surface area contributed by atoms with Gasteiger partial charge in [0.25, 0.3) is 11.8 Å². The van der Waals surface area contributed by atoms with Gasteiger partial charge in [0.1, 0.15) is 11.1 Å². The van der Waals surface area contributed by atoms with E-state index in [4.69, 9.17) is 0 Å². The molecule has 1 atom stereocenters. The average Bonchev–Trinajstić information content (AvgIpc) is 3.10. The van der Waals surface area contributed by atoms with Gasteiger partial charge in [0.2, 0.25) is 5.91 Å². The van der Waals surface area contributed by atoms with Crippen LogP contribution in [0.15, 0.2) is 78.0 Å². The zero-order valence-corrected chi connectivity index (χ0v) is 19.4. The minimum atomic E-state index is -3.96. The number of carbonyl (C=O) groups is 3. The summed E-state index contributed by atoms with van der Waals surface area (Å²) in [5, 5.41) is 1.49. The minimum Gasteiger partial charge on any atom is -0.354 e. The largest absolute Gasteiger partial charge is 0.354 e. The molecule has 0 radical (unpaired) electrons. The lowest BCUT2D eigenvalue weighted by atomic mass is 10.1. The Kier molecular flexibility index (Phi) is 7.02. The Bertz CT molecular complexity index is 1330. The summed E-state index contributed by atoms with van der Waals surface area (Å²) in [5.74, 6) is -1.78. The summed E-state index contributed by atoms with van der Waals surface area (Å²) in [6.07, 6.45) is 3.12. The highest BCUT2D eigenvalue weighted by atomic mass is 32.2. The van der Waals surface area contributed by atoms with E-state index in [-0.39, 0.29) is 30.8 Å². The summed E-state index contributed by atoms with van der Waals surface area (Å²) in [5.41, 5.74) is 1.06. The molecule has 3 amide bonds. The first-order chi connectivity index (χ1) is 16.8. The van der Waals surface area contributed by atoms with Gasteiger partial charge >= 0.3 is 0 Å². The van der Waals surface area contributed by atoms with Crippen molar-refractivity contribution in [1.82, 2.24) is 15.2 Å². The zero-order valence-electron chi connectivity index (χ0n) is 18.6. The van der Waals surface area contributed by atoms with E-state index in [2.05, 4.69) is 10.3 Å². The monoisotopic (exact) mass is 495 g/mol. The Balaban J connectivity index is 1.39.